The quantitative estimate of drug-likeness (QED) is 0.798. The number of nitrogens with zero attached hydrogens (tertiary/aromatic N) is 1. The van der Waals surface area contributed by atoms with Crippen molar-refractivity contribution >= 4 is 17.0 Å². The van der Waals surface area contributed by atoms with Gasteiger partial charge in [0.1, 0.15) is 6.61 Å². The third-order valence-corrected chi connectivity index (χ3v) is 3.38. The lowest BCUT2D eigenvalue weighted by Crippen LogP contribution is -2.23. The summed E-state index contributed by atoms with van der Waals surface area (Å²) in [5.41, 5.74) is 2.90. The zero-order chi connectivity index (χ0) is 15.2. The normalized spacial score (nSPS) is 10.4. The van der Waals surface area contributed by atoms with Crippen molar-refractivity contribution in [2.75, 3.05) is 0 Å². The van der Waals surface area contributed by atoms with Crippen LogP contribution in [0, 0.1) is 0 Å². The Balaban J connectivity index is 1.58. The number of hydrogen-bond acceptors (Lipinski definition) is 3. The molecular weight excluding hydrogens is 276 g/mol. The van der Waals surface area contributed by atoms with Gasteiger partial charge in [-0.2, -0.15) is 0 Å². The lowest BCUT2D eigenvalue weighted by atomic mass is 10.1. The Kier molecular flexibility index (Phi) is 4.30. The van der Waals surface area contributed by atoms with Gasteiger partial charge in [0.25, 0.3) is 0 Å². The summed E-state index contributed by atoms with van der Waals surface area (Å²) in [5, 5.41) is 3.81. The second-order valence-corrected chi connectivity index (χ2v) is 4.90. The molecule has 0 radical (unpaired) electrons. The first-order valence-corrected chi connectivity index (χ1v) is 7.10. The fourth-order valence-corrected chi connectivity index (χ4v) is 2.25. The third-order valence-electron chi connectivity index (χ3n) is 3.38. The van der Waals surface area contributed by atoms with E-state index in [2.05, 4.69) is 10.3 Å². The van der Waals surface area contributed by atoms with Crippen LogP contribution in [0.4, 0.5) is 4.79 Å². The molecule has 0 bridgehead atoms. The van der Waals surface area contributed by atoms with E-state index in [1.165, 1.54) is 0 Å². The SMILES string of the molecule is O=C(NCc1ccnc2ccccc12)OCc1ccccc1. The number of carbonyl (C=O) groups is 1. The van der Waals surface area contributed by atoms with E-state index < -0.39 is 6.09 Å². The predicted molar refractivity (Wildman–Crippen MR) is 85.2 cm³/mol. The number of ether oxygens (including phenoxy) is 1. The van der Waals surface area contributed by atoms with Crippen LogP contribution in [-0.2, 0) is 17.9 Å². The molecule has 0 saturated carbocycles. The maximum atomic E-state index is 11.8. The monoisotopic (exact) mass is 292 g/mol. The van der Waals surface area contributed by atoms with Gasteiger partial charge >= 0.3 is 6.09 Å². The first-order valence-electron chi connectivity index (χ1n) is 7.10. The Bertz CT molecular complexity index is 767. The van der Waals surface area contributed by atoms with E-state index in [0.29, 0.717) is 6.54 Å². The average molecular weight is 292 g/mol. The Morgan fingerprint density at radius 2 is 1.77 bits per heavy atom. The number of benzene rings is 2. The van der Waals surface area contributed by atoms with Crippen molar-refractivity contribution in [2.24, 2.45) is 0 Å². The standard InChI is InChI=1S/C18H16N2O2/c21-18(22-13-14-6-2-1-3-7-14)20-12-15-10-11-19-17-9-5-4-8-16(15)17/h1-11H,12-13H2,(H,20,21). The Hall–Kier alpha value is -2.88. The van der Waals surface area contributed by atoms with E-state index in [1.807, 2.05) is 60.7 Å². The van der Waals surface area contributed by atoms with Crippen LogP contribution in [0.5, 0.6) is 0 Å². The van der Waals surface area contributed by atoms with E-state index in [9.17, 15) is 4.79 Å². The van der Waals surface area contributed by atoms with Crippen molar-refractivity contribution in [3.05, 3.63) is 78.0 Å². The zero-order valence-electron chi connectivity index (χ0n) is 12.0. The molecule has 2 aromatic carbocycles. The summed E-state index contributed by atoms with van der Waals surface area (Å²) in [6.07, 6.45) is 1.32. The number of amides is 1. The first-order chi connectivity index (χ1) is 10.8. The molecule has 1 aromatic heterocycles. The zero-order valence-corrected chi connectivity index (χ0v) is 12.0. The summed E-state index contributed by atoms with van der Waals surface area (Å²) >= 11 is 0. The number of rotatable bonds is 4. The molecule has 0 aliphatic rings. The molecular formula is C18H16N2O2. The molecule has 0 atom stereocenters. The van der Waals surface area contributed by atoms with E-state index in [0.717, 1.165) is 22.0 Å². The molecule has 0 saturated heterocycles. The van der Waals surface area contributed by atoms with E-state index in [4.69, 9.17) is 4.74 Å². The van der Waals surface area contributed by atoms with Crippen LogP contribution >= 0.6 is 0 Å². The van der Waals surface area contributed by atoms with Crippen LogP contribution in [-0.4, -0.2) is 11.1 Å². The number of fused-ring (bicyclic) bond motifs is 1. The van der Waals surface area contributed by atoms with E-state index >= 15 is 0 Å². The van der Waals surface area contributed by atoms with Crippen molar-refractivity contribution in [2.45, 2.75) is 13.2 Å². The predicted octanol–water partition coefficient (Wildman–Crippen LogP) is 3.66. The van der Waals surface area contributed by atoms with Gasteiger partial charge in [-0.15, -0.1) is 0 Å². The van der Waals surface area contributed by atoms with Crippen LogP contribution in [0.2, 0.25) is 0 Å². The van der Waals surface area contributed by atoms with Crippen molar-refractivity contribution in [1.29, 1.82) is 0 Å². The van der Waals surface area contributed by atoms with Gasteiger partial charge in [0, 0.05) is 18.1 Å². The molecule has 1 heterocycles. The molecule has 4 nitrogen and oxygen atoms in total. The maximum Gasteiger partial charge on any atom is 0.407 e. The van der Waals surface area contributed by atoms with E-state index in [1.54, 1.807) is 6.20 Å². The molecule has 22 heavy (non-hydrogen) atoms. The van der Waals surface area contributed by atoms with Crippen LogP contribution < -0.4 is 5.32 Å². The molecule has 1 N–H and O–H groups in total. The number of para-hydroxylation sites is 1. The first kappa shape index (κ1) is 14.1. The second-order valence-electron chi connectivity index (χ2n) is 4.90. The molecule has 3 rings (SSSR count). The molecule has 0 fully saturated rings. The molecule has 3 aromatic rings. The summed E-state index contributed by atoms with van der Waals surface area (Å²) < 4.78 is 5.20. The van der Waals surface area contributed by atoms with Crippen LogP contribution in [0.15, 0.2) is 66.9 Å². The Morgan fingerprint density at radius 3 is 2.64 bits per heavy atom. The number of hydrogen-bond donors (Lipinski definition) is 1. The molecule has 4 heteroatoms. The summed E-state index contributed by atoms with van der Waals surface area (Å²) in [4.78, 5) is 16.1. The van der Waals surface area contributed by atoms with Crippen molar-refractivity contribution in [3.63, 3.8) is 0 Å². The van der Waals surface area contributed by atoms with Gasteiger partial charge in [-0.05, 0) is 23.3 Å². The third kappa shape index (κ3) is 3.41. The highest BCUT2D eigenvalue weighted by Crippen LogP contribution is 2.15. The Labute approximate surface area is 128 Å². The number of pyridine rings is 1. The van der Waals surface area contributed by atoms with Crippen molar-refractivity contribution < 1.29 is 9.53 Å². The van der Waals surface area contributed by atoms with Gasteiger partial charge < -0.3 is 10.1 Å². The van der Waals surface area contributed by atoms with E-state index in [-0.39, 0.29) is 6.61 Å². The van der Waals surface area contributed by atoms with Crippen LogP contribution in [0.3, 0.4) is 0 Å². The number of aromatic nitrogens is 1. The molecule has 0 aliphatic carbocycles. The van der Waals surface area contributed by atoms with Crippen LogP contribution in [0.1, 0.15) is 11.1 Å². The molecule has 110 valence electrons. The highest BCUT2D eigenvalue weighted by atomic mass is 16.5. The van der Waals surface area contributed by atoms with Crippen LogP contribution in [0.25, 0.3) is 10.9 Å². The van der Waals surface area contributed by atoms with Gasteiger partial charge in [-0.1, -0.05) is 48.5 Å². The topological polar surface area (TPSA) is 51.2 Å². The number of carbonyl (C=O) groups excluding carboxylic acids is 1. The fraction of sp³-hybridized carbons (Fsp3) is 0.111. The van der Waals surface area contributed by atoms with Crippen molar-refractivity contribution in [1.82, 2.24) is 10.3 Å². The summed E-state index contributed by atoms with van der Waals surface area (Å²) in [7, 11) is 0. The minimum Gasteiger partial charge on any atom is -0.445 e. The van der Waals surface area contributed by atoms with Crippen molar-refractivity contribution in [3.8, 4) is 0 Å². The average Bonchev–Trinajstić information content (AvgIpc) is 2.59. The fourth-order valence-electron chi connectivity index (χ4n) is 2.25. The smallest absolute Gasteiger partial charge is 0.407 e. The lowest BCUT2D eigenvalue weighted by Gasteiger charge is -2.09. The molecule has 1 amide bonds. The number of nitrogens with one attached hydrogen (secondary N) is 1. The minimum atomic E-state index is -0.426. The van der Waals surface area contributed by atoms with Gasteiger partial charge in [0.15, 0.2) is 0 Å². The largest absolute Gasteiger partial charge is 0.445 e. The highest BCUT2D eigenvalue weighted by Gasteiger charge is 2.05. The van der Waals surface area contributed by atoms with Gasteiger partial charge in [-0.25, -0.2) is 4.79 Å². The summed E-state index contributed by atoms with van der Waals surface area (Å²) in [6, 6.07) is 19.4. The molecule has 0 aliphatic heterocycles. The second kappa shape index (κ2) is 6.72. The van der Waals surface area contributed by atoms with Gasteiger partial charge in [0.2, 0.25) is 0 Å². The molecule has 0 spiro atoms. The summed E-state index contributed by atoms with van der Waals surface area (Å²) in [6.45, 7) is 0.681. The Morgan fingerprint density at radius 1 is 1.00 bits per heavy atom. The number of alkyl carbamates (subject to hydrolysis) is 1. The highest BCUT2D eigenvalue weighted by molar-refractivity contribution is 5.82. The minimum absolute atomic E-state index is 0.268. The molecule has 0 unspecified atom stereocenters. The van der Waals surface area contributed by atoms with Gasteiger partial charge in [-0.3, -0.25) is 4.98 Å². The van der Waals surface area contributed by atoms with Gasteiger partial charge in [0.05, 0.1) is 5.52 Å². The maximum absolute atomic E-state index is 11.8. The lowest BCUT2D eigenvalue weighted by molar-refractivity contribution is 0.139. The summed E-state index contributed by atoms with van der Waals surface area (Å²) in [5.74, 6) is 0.